The van der Waals surface area contributed by atoms with Crippen molar-refractivity contribution in [2.75, 3.05) is 0 Å². The van der Waals surface area contributed by atoms with Crippen LogP contribution in [0.5, 0.6) is 0 Å². The van der Waals surface area contributed by atoms with E-state index in [4.69, 9.17) is 0 Å². The molecule has 1 aromatic rings. The number of hydrogen-bond acceptors (Lipinski definition) is 2. The maximum absolute atomic E-state index is 4.55. The van der Waals surface area contributed by atoms with Gasteiger partial charge in [0.05, 0.1) is 0 Å². The summed E-state index contributed by atoms with van der Waals surface area (Å²) >= 11 is 0. The predicted octanol–water partition coefficient (Wildman–Crippen LogP) is 13.4. The highest BCUT2D eigenvalue weighted by Gasteiger charge is 2.30. The first-order chi connectivity index (χ1) is 24.0. The summed E-state index contributed by atoms with van der Waals surface area (Å²) in [6.07, 6.45) is 39.3. The van der Waals surface area contributed by atoms with Gasteiger partial charge >= 0.3 is 0 Å². The largest absolute Gasteiger partial charge is 0.355 e. The van der Waals surface area contributed by atoms with Crippen LogP contribution < -0.4 is 5.32 Å². The Balaban J connectivity index is 2.18. The maximum atomic E-state index is 4.55. The Hall–Kier alpha value is -4.82. The van der Waals surface area contributed by atoms with Crippen molar-refractivity contribution in [2.45, 2.75) is 87.0 Å². The molecule has 1 atom stereocenters. The molecule has 0 amide bonds. The zero-order chi connectivity index (χ0) is 36.7. The van der Waals surface area contributed by atoms with Crippen molar-refractivity contribution >= 4 is 5.57 Å². The average molecular weight is 665 g/mol. The van der Waals surface area contributed by atoms with Gasteiger partial charge in [0, 0.05) is 40.3 Å². The van der Waals surface area contributed by atoms with Gasteiger partial charge in [0.15, 0.2) is 0 Å². The molecule has 2 nitrogen and oxygen atoms in total. The number of rotatable bonds is 16. The molecule has 3 rings (SSSR count). The lowest BCUT2D eigenvalue weighted by Gasteiger charge is -2.29. The SMILES string of the molecule is C=C/C=C(\C=C/CC)N(C(=C)/C=C\C=C/C)C1=CC(NC(=C/C=C/C)/C(C)=C\C)=CC(/C(=C/C)[C@H](C)CC2=CC(C)(C)c3ccccc32)=CC1. The van der Waals surface area contributed by atoms with Crippen LogP contribution in [0, 0.1) is 5.92 Å². The van der Waals surface area contributed by atoms with E-state index in [2.05, 4.69) is 175 Å². The van der Waals surface area contributed by atoms with Crippen LogP contribution in [-0.4, -0.2) is 4.90 Å². The van der Waals surface area contributed by atoms with Gasteiger partial charge in [0.1, 0.15) is 0 Å². The van der Waals surface area contributed by atoms with Gasteiger partial charge in [-0.2, -0.15) is 0 Å². The first-order valence-electron chi connectivity index (χ1n) is 18.2. The summed E-state index contributed by atoms with van der Waals surface area (Å²) < 4.78 is 0. The minimum absolute atomic E-state index is 0.0373. The lowest BCUT2D eigenvalue weighted by Crippen LogP contribution is -2.21. The van der Waals surface area contributed by atoms with E-state index < -0.39 is 0 Å². The van der Waals surface area contributed by atoms with Gasteiger partial charge in [-0.1, -0.05) is 132 Å². The van der Waals surface area contributed by atoms with Gasteiger partial charge in [-0.05, 0) is 123 Å². The number of fused-ring (bicyclic) bond motifs is 1. The Labute approximate surface area is 304 Å². The molecule has 1 aromatic carbocycles. The minimum Gasteiger partial charge on any atom is -0.355 e. The second-order valence-electron chi connectivity index (χ2n) is 13.4. The molecule has 0 fully saturated rings. The molecule has 0 bridgehead atoms. The van der Waals surface area contributed by atoms with E-state index in [1.54, 1.807) is 0 Å². The number of hydrogen-bond donors (Lipinski definition) is 1. The summed E-state index contributed by atoms with van der Waals surface area (Å²) in [6.45, 7) is 28.2. The summed E-state index contributed by atoms with van der Waals surface area (Å²) in [7, 11) is 0. The third kappa shape index (κ3) is 10.3. The maximum Gasteiger partial charge on any atom is 0.0454 e. The quantitative estimate of drug-likeness (QED) is 0.177. The number of benzene rings is 1. The average Bonchev–Trinajstić information content (AvgIpc) is 3.21. The molecular formula is C48H60N2. The van der Waals surface area contributed by atoms with E-state index >= 15 is 0 Å². The third-order valence-corrected chi connectivity index (χ3v) is 9.20. The molecule has 0 unspecified atom stereocenters. The van der Waals surface area contributed by atoms with Crippen molar-refractivity contribution in [1.82, 2.24) is 10.2 Å². The summed E-state index contributed by atoms with van der Waals surface area (Å²) in [6, 6.07) is 8.90. The van der Waals surface area contributed by atoms with Crippen LogP contribution in [0.3, 0.4) is 0 Å². The van der Waals surface area contributed by atoms with Gasteiger partial charge in [-0.3, -0.25) is 0 Å². The Bertz CT molecular complexity index is 1760. The van der Waals surface area contributed by atoms with Crippen molar-refractivity contribution in [2.24, 2.45) is 5.92 Å². The molecule has 1 N–H and O–H groups in total. The second-order valence-corrected chi connectivity index (χ2v) is 13.4. The topological polar surface area (TPSA) is 15.3 Å². The van der Waals surface area contributed by atoms with E-state index in [0.717, 1.165) is 47.7 Å². The van der Waals surface area contributed by atoms with Crippen LogP contribution in [-0.2, 0) is 5.41 Å². The molecule has 0 saturated carbocycles. The smallest absolute Gasteiger partial charge is 0.0454 e. The Kier molecular flexibility index (Phi) is 15.4. The summed E-state index contributed by atoms with van der Waals surface area (Å²) in [5.74, 6) is 0.312. The monoisotopic (exact) mass is 664 g/mol. The number of nitrogens with one attached hydrogen (secondary N) is 1. The van der Waals surface area contributed by atoms with Crippen molar-refractivity contribution in [1.29, 1.82) is 0 Å². The van der Waals surface area contributed by atoms with Gasteiger partial charge < -0.3 is 10.2 Å². The molecule has 50 heavy (non-hydrogen) atoms. The fraction of sp³-hybridized carbons (Fsp3) is 0.292. The van der Waals surface area contributed by atoms with Crippen LogP contribution in [0.2, 0.25) is 0 Å². The van der Waals surface area contributed by atoms with Gasteiger partial charge in [-0.15, -0.1) is 0 Å². The third-order valence-electron chi connectivity index (χ3n) is 9.20. The number of nitrogens with zero attached hydrogens (tertiary/aromatic N) is 1. The fourth-order valence-corrected chi connectivity index (χ4v) is 6.62. The van der Waals surface area contributed by atoms with E-state index in [-0.39, 0.29) is 5.41 Å². The highest BCUT2D eigenvalue weighted by Crippen LogP contribution is 2.44. The van der Waals surface area contributed by atoms with E-state index in [9.17, 15) is 0 Å². The zero-order valence-corrected chi connectivity index (χ0v) is 32.2. The highest BCUT2D eigenvalue weighted by atomic mass is 15.2. The zero-order valence-electron chi connectivity index (χ0n) is 32.2. The first-order valence-corrected chi connectivity index (χ1v) is 18.2. The van der Waals surface area contributed by atoms with E-state index in [0.29, 0.717) is 5.92 Å². The normalized spacial score (nSPS) is 17.9. The van der Waals surface area contributed by atoms with Crippen molar-refractivity contribution < 1.29 is 0 Å². The Morgan fingerprint density at radius 1 is 0.980 bits per heavy atom. The lowest BCUT2D eigenvalue weighted by molar-refractivity contribution is 0.547. The molecular weight excluding hydrogens is 605 g/mol. The van der Waals surface area contributed by atoms with Crippen LogP contribution in [0.15, 0.2) is 186 Å². The second kappa shape index (κ2) is 19.4. The number of allylic oxidation sites excluding steroid dienone is 21. The molecule has 0 aliphatic heterocycles. The molecule has 0 aromatic heterocycles. The van der Waals surface area contributed by atoms with Crippen molar-refractivity contribution in [3.63, 3.8) is 0 Å². The Morgan fingerprint density at radius 2 is 1.72 bits per heavy atom. The first kappa shape index (κ1) is 39.6. The van der Waals surface area contributed by atoms with Crippen LogP contribution in [0.4, 0.5) is 0 Å². The molecule has 2 heteroatoms. The molecule has 0 heterocycles. The van der Waals surface area contributed by atoms with Gasteiger partial charge in [0.2, 0.25) is 0 Å². The van der Waals surface area contributed by atoms with E-state index in [1.165, 1.54) is 33.4 Å². The molecule has 2 aliphatic carbocycles. The predicted molar refractivity (Wildman–Crippen MR) is 222 cm³/mol. The molecule has 2 aliphatic rings. The lowest BCUT2D eigenvalue weighted by atomic mass is 9.86. The molecule has 0 radical (unpaired) electrons. The van der Waals surface area contributed by atoms with Crippen LogP contribution >= 0.6 is 0 Å². The Morgan fingerprint density at radius 3 is 2.38 bits per heavy atom. The highest BCUT2D eigenvalue weighted by molar-refractivity contribution is 5.76. The molecule has 0 spiro atoms. The summed E-state index contributed by atoms with van der Waals surface area (Å²) in [5.41, 5.74) is 13.1. The fourth-order valence-electron chi connectivity index (χ4n) is 6.62. The van der Waals surface area contributed by atoms with Gasteiger partial charge in [0.25, 0.3) is 0 Å². The minimum atomic E-state index is 0.0373. The summed E-state index contributed by atoms with van der Waals surface area (Å²) in [5, 5.41) is 3.82. The van der Waals surface area contributed by atoms with Crippen molar-refractivity contribution in [3.05, 3.63) is 197 Å². The molecule has 262 valence electrons. The van der Waals surface area contributed by atoms with Crippen LogP contribution in [0.1, 0.15) is 92.7 Å². The van der Waals surface area contributed by atoms with Gasteiger partial charge in [-0.25, -0.2) is 0 Å². The standard InChI is InChI=1S/C48H60N2/c1-12-18-21-25-38(9)50(42(24-15-4)26-19-13-2)43-31-30-39(33-41(34-43)49-47(29-20-14-3)36(7)16-5)44(17-6)37(8)32-40-35-48(10,11)46-28-23-22-27-45(40)46/h12,14-30,33-35,37,49H,4,9,13,31-32H2,1-3,5-8,10-11H3/b18-12-,20-14+,25-21-,26-19-,36-16-,42-24+,44-17+,47-29+/t37-/m1/s1. The summed E-state index contributed by atoms with van der Waals surface area (Å²) in [4.78, 5) is 2.25. The molecule has 0 saturated heterocycles. The van der Waals surface area contributed by atoms with E-state index in [1.807, 2.05) is 38.2 Å². The van der Waals surface area contributed by atoms with Crippen LogP contribution in [0.25, 0.3) is 5.57 Å². The van der Waals surface area contributed by atoms with Crippen molar-refractivity contribution in [3.8, 4) is 0 Å².